The summed E-state index contributed by atoms with van der Waals surface area (Å²) in [5, 5.41) is 0. The maximum atomic E-state index is 12.7. The first-order valence-corrected chi connectivity index (χ1v) is 7.00. The number of thioether (sulfide) groups is 1. The van der Waals surface area contributed by atoms with E-state index in [-0.39, 0.29) is 11.6 Å². The lowest BCUT2D eigenvalue weighted by molar-refractivity contribution is 0.0967. The lowest BCUT2D eigenvalue weighted by Gasteiger charge is -2.25. The number of hydrogen-bond acceptors (Lipinski definition) is 3. The van der Waals surface area contributed by atoms with E-state index in [1.54, 1.807) is 12.1 Å². The minimum Gasteiger partial charge on any atom is -0.294 e. The standard InChI is InChI=1S/C13H16FNOS/c14-12-4-2-11(3-5-12)13(16)6-8-15-7-1-9-17-10-15/h2-5H,1,6-10H2. The number of ketones is 1. The fourth-order valence-electron chi connectivity index (χ4n) is 1.86. The average Bonchev–Trinajstić information content (AvgIpc) is 2.38. The molecule has 0 aromatic heterocycles. The average molecular weight is 253 g/mol. The molecule has 0 amide bonds. The second-order valence-electron chi connectivity index (χ2n) is 4.19. The van der Waals surface area contributed by atoms with Crippen LogP contribution >= 0.6 is 11.8 Å². The number of halogens is 1. The number of Topliss-reactive ketones (excluding diaryl/α,β-unsaturated/α-hetero) is 1. The summed E-state index contributed by atoms with van der Waals surface area (Å²) in [6.07, 6.45) is 1.72. The summed E-state index contributed by atoms with van der Waals surface area (Å²) in [4.78, 5) is 14.1. The van der Waals surface area contributed by atoms with Gasteiger partial charge in [-0.2, -0.15) is 0 Å². The van der Waals surface area contributed by atoms with Crippen molar-refractivity contribution in [3.8, 4) is 0 Å². The Bertz CT molecular complexity index is 374. The van der Waals surface area contributed by atoms with Crippen molar-refractivity contribution in [1.82, 2.24) is 4.90 Å². The lowest BCUT2D eigenvalue weighted by atomic mass is 10.1. The molecule has 4 heteroatoms. The zero-order valence-electron chi connectivity index (χ0n) is 9.69. The Morgan fingerprint density at radius 3 is 2.76 bits per heavy atom. The van der Waals surface area contributed by atoms with E-state index < -0.39 is 0 Å². The molecule has 1 aromatic rings. The van der Waals surface area contributed by atoms with Gasteiger partial charge in [-0.15, -0.1) is 11.8 Å². The number of hydrogen-bond donors (Lipinski definition) is 0. The molecule has 0 N–H and O–H groups in total. The topological polar surface area (TPSA) is 20.3 Å². The van der Waals surface area contributed by atoms with E-state index in [0.717, 1.165) is 19.0 Å². The van der Waals surface area contributed by atoms with Gasteiger partial charge in [0.1, 0.15) is 5.82 Å². The van der Waals surface area contributed by atoms with Gasteiger partial charge in [-0.1, -0.05) is 0 Å². The molecule has 1 saturated heterocycles. The smallest absolute Gasteiger partial charge is 0.164 e. The predicted molar refractivity (Wildman–Crippen MR) is 68.9 cm³/mol. The summed E-state index contributed by atoms with van der Waals surface area (Å²) in [6, 6.07) is 5.79. The van der Waals surface area contributed by atoms with E-state index in [0.29, 0.717) is 12.0 Å². The Morgan fingerprint density at radius 1 is 1.35 bits per heavy atom. The highest BCUT2D eigenvalue weighted by Gasteiger charge is 2.12. The second-order valence-corrected chi connectivity index (χ2v) is 5.26. The van der Waals surface area contributed by atoms with Crippen molar-refractivity contribution >= 4 is 17.5 Å². The molecule has 1 fully saturated rings. The van der Waals surface area contributed by atoms with Gasteiger partial charge in [-0.05, 0) is 43.0 Å². The molecule has 2 rings (SSSR count). The van der Waals surface area contributed by atoms with Crippen molar-refractivity contribution in [3.05, 3.63) is 35.6 Å². The van der Waals surface area contributed by atoms with Gasteiger partial charge in [0.2, 0.25) is 0 Å². The molecule has 0 spiro atoms. The third kappa shape index (κ3) is 3.82. The molecule has 2 nitrogen and oxygen atoms in total. The summed E-state index contributed by atoms with van der Waals surface area (Å²) in [5.41, 5.74) is 0.607. The molecule has 0 unspecified atom stereocenters. The summed E-state index contributed by atoms with van der Waals surface area (Å²) in [5.74, 6) is 2.05. The largest absolute Gasteiger partial charge is 0.294 e. The third-order valence-corrected chi connectivity index (χ3v) is 3.98. The molecule has 17 heavy (non-hydrogen) atoms. The summed E-state index contributed by atoms with van der Waals surface area (Å²) >= 11 is 1.92. The maximum Gasteiger partial charge on any atom is 0.164 e. The highest BCUT2D eigenvalue weighted by atomic mass is 32.2. The van der Waals surface area contributed by atoms with Gasteiger partial charge >= 0.3 is 0 Å². The number of nitrogens with zero attached hydrogens (tertiary/aromatic N) is 1. The van der Waals surface area contributed by atoms with Crippen molar-refractivity contribution in [3.63, 3.8) is 0 Å². The summed E-state index contributed by atoms with van der Waals surface area (Å²) < 4.78 is 12.7. The monoisotopic (exact) mass is 253 g/mol. The zero-order chi connectivity index (χ0) is 12.1. The quantitative estimate of drug-likeness (QED) is 0.770. The highest BCUT2D eigenvalue weighted by molar-refractivity contribution is 7.99. The lowest BCUT2D eigenvalue weighted by Crippen LogP contribution is -2.30. The van der Waals surface area contributed by atoms with Gasteiger partial charge in [0.25, 0.3) is 0 Å². The Hall–Kier alpha value is -0.870. The van der Waals surface area contributed by atoms with Crippen LogP contribution in [0.3, 0.4) is 0 Å². The molecule has 0 bridgehead atoms. The van der Waals surface area contributed by atoms with E-state index in [1.165, 1.54) is 24.3 Å². The molecule has 1 aromatic carbocycles. The second kappa shape index (κ2) is 6.17. The fourth-order valence-corrected chi connectivity index (χ4v) is 2.84. The first-order chi connectivity index (χ1) is 8.25. The van der Waals surface area contributed by atoms with Crippen LogP contribution in [0, 0.1) is 5.82 Å². The van der Waals surface area contributed by atoms with Crippen LogP contribution in [0.25, 0.3) is 0 Å². The maximum absolute atomic E-state index is 12.7. The Balaban J connectivity index is 1.82. The summed E-state index contributed by atoms with van der Waals surface area (Å²) in [7, 11) is 0. The number of rotatable bonds is 4. The number of carbonyl (C=O) groups is 1. The van der Waals surface area contributed by atoms with Gasteiger partial charge in [0, 0.05) is 24.4 Å². The Morgan fingerprint density at radius 2 is 2.12 bits per heavy atom. The molecule has 0 saturated carbocycles. The van der Waals surface area contributed by atoms with Crippen LogP contribution in [-0.4, -0.2) is 35.4 Å². The van der Waals surface area contributed by atoms with E-state index in [2.05, 4.69) is 4.90 Å². The molecule has 1 aliphatic rings. The Labute approximate surface area is 105 Å². The fraction of sp³-hybridized carbons (Fsp3) is 0.462. The van der Waals surface area contributed by atoms with Crippen molar-refractivity contribution in [2.75, 3.05) is 24.7 Å². The first-order valence-electron chi connectivity index (χ1n) is 5.84. The van der Waals surface area contributed by atoms with Crippen LogP contribution in [0.5, 0.6) is 0 Å². The molecular weight excluding hydrogens is 237 g/mol. The van der Waals surface area contributed by atoms with Crippen molar-refractivity contribution in [2.24, 2.45) is 0 Å². The number of benzene rings is 1. The van der Waals surface area contributed by atoms with Crippen LogP contribution < -0.4 is 0 Å². The van der Waals surface area contributed by atoms with Crippen LogP contribution in [0.1, 0.15) is 23.2 Å². The van der Waals surface area contributed by atoms with E-state index in [9.17, 15) is 9.18 Å². The molecular formula is C13H16FNOS. The summed E-state index contributed by atoms with van der Waals surface area (Å²) in [6.45, 7) is 1.90. The predicted octanol–water partition coefficient (Wildman–Crippen LogP) is 2.79. The van der Waals surface area contributed by atoms with Gasteiger partial charge in [-0.25, -0.2) is 4.39 Å². The van der Waals surface area contributed by atoms with E-state index in [1.807, 2.05) is 11.8 Å². The van der Waals surface area contributed by atoms with Crippen LogP contribution in [-0.2, 0) is 0 Å². The van der Waals surface area contributed by atoms with Crippen LogP contribution in [0.15, 0.2) is 24.3 Å². The highest BCUT2D eigenvalue weighted by Crippen LogP contribution is 2.14. The normalized spacial score (nSPS) is 17.0. The molecule has 92 valence electrons. The van der Waals surface area contributed by atoms with Gasteiger partial charge in [0.15, 0.2) is 5.78 Å². The first kappa shape index (κ1) is 12.6. The number of carbonyl (C=O) groups excluding carboxylic acids is 1. The van der Waals surface area contributed by atoms with Gasteiger partial charge in [0.05, 0.1) is 0 Å². The van der Waals surface area contributed by atoms with Crippen molar-refractivity contribution in [2.45, 2.75) is 12.8 Å². The molecule has 1 heterocycles. The molecule has 1 aliphatic heterocycles. The van der Waals surface area contributed by atoms with E-state index in [4.69, 9.17) is 0 Å². The minimum atomic E-state index is -0.297. The Kier molecular flexibility index (Phi) is 4.57. The van der Waals surface area contributed by atoms with Crippen molar-refractivity contribution < 1.29 is 9.18 Å². The minimum absolute atomic E-state index is 0.0978. The molecule has 0 atom stereocenters. The van der Waals surface area contributed by atoms with Crippen LogP contribution in [0.4, 0.5) is 4.39 Å². The van der Waals surface area contributed by atoms with Gasteiger partial charge < -0.3 is 0 Å². The SMILES string of the molecule is O=C(CCN1CCCSC1)c1ccc(F)cc1. The molecule has 0 radical (unpaired) electrons. The van der Waals surface area contributed by atoms with Crippen molar-refractivity contribution in [1.29, 1.82) is 0 Å². The third-order valence-electron chi connectivity index (χ3n) is 2.86. The van der Waals surface area contributed by atoms with E-state index >= 15 is 0 Å². The van der Waals surface area contributed by atoms with Crippen LogP contribution in [0.2, 0.25) is 0 Å². The zero-order valence-corrected chi connectivity index (χ0v) is 10.5. The van der Waals surface area contributed by atoms with Gasteiger partial charge in [-0.3, -0.25) is 9.69 Å². The molecule has 0 aliphatic carbocycles.